The van der Waals surface area contributed by atoms with E-state index in [1.54, 1.807) is 42.2 Å². The Labute approximate surface area is 210 Å². The van der Waals surface area contributed by atoms with Crippen molar-refractivity contribution in [3.05, 3.63) is 94.3 Å². The fourth-order valence-corrected chi connectivity index (χ4v) is 5.81. The quantitative estimate of drug-likeness (QED) is 0.475. The lowest BCUT2D eigenvalue weighted by Crippen LogP contribution is -2.42. The summed E-state index contributed by atoms with van der Waals surface area (Å²) in [4.78, 5) is 15.5. The number of aliphatic hydroxyl groups is 1. The minimum Gasteiger partial charge on any atom is -0.392 e. The highest BCUT2D eigenvalue weighted by molar-refractivity contribution is 5.83. The van der Waals surface area contributed by atoms with Gasteiger partial charge in [0.25, 0.3) is 0 Å². The largest absolute Gasteiger partial charge is 0.392 e. The summed E-state index contributed by atoms with van der Waals surface area (Å²) >= 11 is 0. The number of halogens is 2. The zero-order valence-electron chi connectivity index (χ0n) is 20.6. The minimum atomic E-state index is -0.672. The van der Waals surface area contributed by atoms with Gasteiger partial charge in [-0.25, -0.2) is 13.5 Å². The Morgan fingerprint density at radius 1 is 1.19 bits per heavy atom. The molecule has 2 aromatic carbocycles. The van der Waals surface area contributed by atoms with Crippen molar-refractivity contribution in [1.29, 1.82) is 0 Å². The van der Waals surface area contributed by atoms with Crippen molar-refractivity contribution in [3.8, 4) is 5.69 Å². The molecule has 5 nitrogen and oxygen atoms in total. The van der Waals surface area contributed by atoms with Crippen LogP contribution in [0.15, 0.2) is 65.9 Å². The normalized spacial score (nSPS) is 19.7. The Hall–Kier alpha value is -3.32. The number of allylic oxidation sites excluding steroid dienone is 1. The molecule has 1 N–H and O–H groups in total. The number of hydrogen-bond acceptors (Lipinski definition) is 3. The highest BCUT2D eigenvalue weighted by Crippen LogP contribution is 2.47. The van der Waals surface area contributed by atoms with Gasteiger partial charge in [-0.05, 0) is 62.1 Å². The number of rotatable bonds is 7. The van der Waals surface area contributed by atoms with Crippen molar-refractivity contribution in [1.82, 2.24) is 14.7 Å². The summed E-state index contributed by atoms with van der Waals surface area (Å²) in [6.07, 6.45) is 3.86. The van der Waals surface area contributed by atoms with Gasteiger partial charge < -0.3 is 10.0 Å². The molecular weight excluding hydrogens is 460 g/mol. The number of amides is 1. The molecule has 2 aliphatic carbocycles. The fraction of sp³-hybridized carbons (Fsp3) is 0.379. The molecule has 188 valence electrons. The fourth-order valence-electron chi connectivity index (χ4n) is 5.81. The second-order valence-electron chi connectivity index (χ2n) is 9.96. The van der Waals surface area contributed by atoms with Crippen LogP contribution in [0.2, 0.25) is 0 Å². The van der Waals surface area contributed by atoms with E-state index in [-0.39, 0.29) is 35.9 Å². The van der Waals surface area contributed by atoms with Crippen molar-refractivity contribution in [2.75, 3.05) is 13.1 Å². The average Bonchev–Trinajstić information content (AvgIpc) is 3.48. The average molecular weight is 492 g/mol. The summed E-state index contributed by atoms with van der Waals surface area (Å²) in [7, 11) is 0. The molecule has 0 radical (unpaired) electrons. The van der Waals surface area contributed by atoms with Gasteiger partial charge in [0, 0.05) is 31.0 Å². The molecule has 1 heterocycles. The molecule has 36 heavy (non-hydrogen) atoms. The second kappa shape index (κ2) is 9.97. The maximum atomic E-state index is 14.2. The van der Waals surface area contributed by atoms with Gasteiger partial charge in [0.1, 0.15) is 11.6 Å². The van der Waals surface area contributed by atoms with Crippen LogP contribution >= 0.6 is 0 Å². The lowest BCUT2D eigenvalue weighted by Gasteiger charge is -2.31. The molecule has 0 spiro atoms. The Morgan fingerprint density at radius 3 is 2.67 bits per heavy atom. The van der Waals surface area contributed by atoms with Crippen LogP contribution < -0.4 is 0 Å². The minimum absolute atomic E-state index is 0.00142. The number of aromatic nitrogens is 2. The maximum absolute atomic E-state index is 14.2. The molecule has 0 aliphatic heterocycles. The summed E-state index contributed by atoms with van der Waals surface area (Å²) in [6.45, 7) is 4.36. The molecule has 3 atom stereocenters. The zero-order chi connectivity index (χ0) is 25.4. The predicted octanol–water partition coefficient (Wildman–Crippen LogP) is 4.97. The molecule has 1 amide bonds. The van der Waals surface area contributed by atoms with E-state index >= 15 is 0 Å². The first-order chi connectivity index (χ1) is 17.3. The monoisotopic (exact) mass is 491 g/mol. The van der Waals surface area contributed by atoms with Crippen molar-refractivity contribution in [2.45, 2.75) is 51.6 Å². The lowest BCUT2D eigenvalue weighted by atomic mass is 9.79. The van der Waals surface area contributed by atoms with Crippen LogP contribution in [-0.4, -0.2) is 44.9 Å². The number of aliphatic hydroxyl groups excluding tert-OH is 1. The number of carbonyl (C=O) groups is 1. The third-order valence-corrected chi connectivity index (χ3v) is 7.51. The van der Waals surface area contributed by atoms with Gasteiger partial charge in [-0.15, -0.1) is 0 Å². The Balaban J connectivity index is 1.38. The molecule has 0 saturated heterocycles. The van der Waals surface area contributed by atoms with Gasteiger partial charge in [-0.3, -0.25) is 4.79 Å². The lowest BCUT2D eigenvalue weighted by molar-refractivity contribution is -0.135. The summed E-state index contributed by atoms with van der Waals surface area (Å²) in [5.74, 6) is -0.782. The summed E-state index contributed by atoms with van der Waals surface area (Å²) in [5.41, 5.74) is 5.98. The molecule has 0 bridgehead atoms. The van der Waals surface area contributed by atoms with Gasteiger partial charge in [0.15, 0.2) is 0 Å². The molecule has 3 aromatic rings. The highest BCUT2D eigenvalue weighted by atomic mass is 19.1. The number of benzene rings is 2. The van der Waals surface area contributed by atoms with E-state index < -0.39 is 6.10 Å². The van der Waals surface area contributed by atoms with Crippen molar-refractivity contribution < 1.29 is 18.7 Å². The maximum Gasteiger partial charge on any atom is 0.229 e. The van der Waals surface area contributed by atoms with Crippen LogP contribution in [0.3, 0.4) is 0 Å². The number of carbonyl (C=O) groups excluding carboxylic acids is 1. The Morgan fingerprint density at radius 2 is 1.94 bits per heavy atom. The number of hydrogen-bond donors (Lipinski definition) is 1. The summed E-state index contributed by atoms with van der Waals surface area (Å²) < 4.78 is 29.5. The highest BCUT2D eigenvalue weighted by Gasteiger charge is 2.40. The van der Waals surface area contributed by atoms with E-state index in [0.29, 0.717) is 24.9 Å². The van der Waals surface area contributed by atoms with Gasteiger partial charge in [-0.1, -0.05) is 36.3 Å². The molecule has 2 aliphatic rings. The summed E-state index contributed by atoms with van der Waals surface area (Å²) in [5, 5.41) is 14.7. The van der Waals surface area contributed by atoms with E-state index in [9.17, 15) is 18.7 Å². The van der Waals surface area contributed by atoms with E-state index in [0.717, 1.165) is 35.4 Å². The van der Waals surface area contributed by atoms with Crippen LogP contribution in [0, 0.1) is 17.6 Å². The van der Waals surface area contributed by atoms with Crippen LogP contribution in [0.1, 0.15) is 49.4 Å². The number of fused-ring (bicyclic) bond motifs is 1. The summed E-state index contributed by atoms with van der Waals surface area (Å²) in [6, 6.07) is 12.9. The first kappa shape index (κ1) is 24.4. The third kappa shape index (κ3) is 4.60. The first-order valence-corrected chi connectivity index (χ1v) is 12.6. The zero-order valence-corrected chi connectivity index (χ0v) is 20.6. The van der Waals surface area contributed by atoms with Gasteiger partial charge in [-0.2, -0.15) is 5.10 Å². The van der Waals surface area contributed by atoms with Crippen LogP contribution in [0.4, 0.5) is 8.78 Å². The van der Waals surface area contributed by atoms with Gasteiger partial charge >= 0.3 is 0 Å². The van der Waals surface area contributed by atoms with Gasteiger partial charge in [0.2, 0.25) is 5.91 Å². The Kier molecular flexibility index (Phi) is 6.75. The van der Waals surface area contributed by atoms with E-state index in [4.69, 9.17) is 0 Å². The first-order valence-electron chi connectivity index (χ1n) is 12.6. The molecular formula is C29H31F2N3O2. The van der Waals surface area contributed by atoms with Crippen molar-refractivity contribution >= 4 is 5.91 Å². The molecule has 0 unspecified atom stereocenters. The van der Waals surface area contributed by atoms with E-state index in [1.807, 2.05) is 10.9 Å². The standard InChI is InChI=1S/C29H31F2N3O2/c1-18(35)17-33(14-13-20-5-3-4-6-26(20)31)29(36)24-12-7-21-15-27-25(19(2)28(21)24)16-32-34(27)23-10-8-22(30)9-11-23/h3-6,8-11,16,18-19,24,35H,7,12-15,17H2,1-2H3/t18-,19-,24+/m0/s1. The molecule has 5 rings (SSSR count). The van der Waals surface area contributed by atoms with Gasteiger partial charge in [0.05, 0.1) is 29.6 Å². The number of nitrogens with zero attached hydrogens (tertiary/aromatic N) is 3. The Bertz CT molecular complexity index is 1300. The SMILES string of the molecule is C[C@H](O)CN(CCc1ccccc1F)C(=O)[C@@H]1CCC2=C1[C@@H](C)c1cnn(-c3ccc(F)cc3)c1C2. The second-order valence-corrected chi connectivity index (χ2v) is 9.96. The molecule has 0 fully saturated rings. The predicted molar refractivity (Wildman–Crippen MR) is 134 cm³/mol. The van der Waals surface area contributed by atoms with Crippen LogP contribution in [0.25, 0.3) is 5.69 Å². The third-order valence-electron chi connectivity index (χ3n) is 7.51. The van der Waals surface area contributed by atoms with Crippen LogP contribution in [-0.2, 0) is 17.6 Å². The van der Waals surface area contributed by atoms with E-state index in [2.05, 4.69) is 12.0 Å². The van der Waals surface area contributed by atoms with E-state index in [1.165, 1.54) is 23.8 Å². The van der Waals surface area contributed by atoms with Crippen molar-refractivity contribution in [3.63, 3.8) is 0 Å². The molecule has 0 saturated carbocycles. The topological polar surface area (TPSA) is 58.4 Å². The smallest absolute Gasteiger partial charge is 0.229 e. The van der Waals surface area contributed by atoms with Crippen LogP contribution in [0.5, 0.6) is 0 Å². The van der Waals surface area contributed by atoms with Crippen molar-refractivity contribution in [2.24, 2.45) is 5.92 Å². The molecule has 7 heteroatoms. The molecule has 1 aromatic heterocycles.